The van der Waals surface area contributed by atoms with Gasteiger partial charge in [0.1, 0.15) is 0 Å². The Morgan fingerprint density at radius 3 is 2.90 bits per heavy atom. The lowest BCUT2D eigenvalue weighted by molar-refractivity contribution is -0.116. The molecule has 1 aromatic carbocycles. The molecular weight excluding hydrogens is 456 g/mol. The van der Waals surface area contributed by atoms with Gasteiger partial charge >= 0.3 is 0 Å². The van der Waals surface area contributed by atoms with Crippen molar-refractivity contribution in [2.45, 2.75) is 25.6 Å². The maximum absolute atomic E-state index is 12.6. The molecule has 3 nitrogen and oxygen atoms in total. The summed E-state index contributed by atoms with van der Waals surface area (Å²) < 4.78 is 6.86. The Morgan fingerprint density at radius 2 is 2.30 bits per heavy atom. The van der Waals surface area contributed by atoms with Gasteiger partial charge in [-0.15, -0.1) is 0 Å². The average molecular weight is 473 g/mol. The van der Waals surface area contributed by atoms with Crippen LogP contribution in [0.3, 0.4) is 0 Å². The lowest BCUT2D eigenvalue weighted by Gasteiger charge is -2.42. The summed E-state index contributed by atoms with van der Waals surface area (Å²) in [6, 6.07) is 5.42. The average Bonchev–Trinajstić information content (AvgIpc) is 2.39. The molecule has 0 aliphatic carbocycles. The second kappa shape index (κ2) is 6.50. The van der Waals surface area contributed by atoms with Crippen LogP contribution in [0, 0.1) is 3.57 Å². The Labute approximate surface area is 146 Å². The third kappa shape index (κ3) is 3.87. The number of rotatable bonds is 2. The molecule has 1 aliphatic heterocycles. The molecule has 110 valence electrons. The SMILES string of the molecule is CC1(C)CN(C(=O)c2ccc(I)c(Cl)c2)CC(CBr)O1. The van der Waals surface area contributed by atoms with Gasteiger partial charge in [-0.1, -0.05) is 27.5 Å². The van der Waals surface area contributed by atoms with Crippen LogP contribution in [-0.4, -0.2) is 40.9 Å². The van der Waals surface area contributed by atoms with E-state index < -0.39 is 0 Å². The summed E-state index contributed by atoms with van der Waals surface area (Å²) in [6.45, 7) is 5.18. The van der Waals surface area contributed by atoms with E-state index in [4.69, 9.17) is 16.3 Å². The summed E-state index contributed by atoms with van der Waals surface area (Å²) in [5.74, 6) is 0.00521. The number of morpholine rings is 1. The van der Waals surface area contributed by atoms with Crippen molar-refractivity contribution in [1.82, 2.24) is 4.90 Å². The number of carbonyl (C=O) groups excluding carboxylic acids is 1. The fraction of sp³-hybridized carbons (Fsp3) is 0.500. The molecule has 1 amide bonds. The van der Waals surface area contributed by atoms with Gasteiger partial charge in [0.05, 0.1) is 16.7 Å². The predicted molar refractivity (Wildman–Crippen MR) is 92.8 cm³/mol. The van der Waals surface area contributed by atoms with Crippen molar-refractivity contribution in [1.29, 1.82) is 0 Å². The van der Waals surface area contributed by atoms with Gasteiger partial charge in [0.15, 0.2) is 0 Å². The summed E-state index contributed by atoms with van der Waals surface area (Å²) >= 11 is 11.7. The molecule has 6 heteroatoms. The molecule has 1 saturated heterocycles. The quantitative estimate of drug-likeness (QED) is 0.482. The van der Waals surface area contributed by atoms with Crippen molar-refractivity contribution < 1.29 is 9.53 Å². The van der Waals surface area contributed by atoms with E-state index in [-0.39, 0.29) is 17.6 Å². The Bertz CT molecular complexity index is 524. The minimum Gasteiger partial charge on any atom is -0.368 e. The zero-order valence-electron chi connectivity index (χ0n) is 11.3. The smallest absolute Gasteiger partial charge is 0.254 e. The van der Waals surface area contributed by atoms with Crippen molar-refractivity contribution in [2.75, 3.05) is 18.4 Å². The highest BCUT2D eigenvalue weighted by atomic mass is 127. The third-order valence-electron chi connectivity index (χ3n) is 3.11. The number of alkyl halides is 1. The molecule has 1 unspecified atom stereocenters. The van der Waals surface area contributed by atoms with Crippen LogP contribution in [0.4, 0.5) is 0 Å². The van der Waals surface area contributed by atoms with E-state index in [1.807, 2.05) is 30.9 Å². The van der Waals surface area contributed by atoms with Crippen LogP contribution in [0.5, 0.6) is 0 Å². The zero-order chi connectivity index (χ0) is 14.9. The maximum Gasteiger partial charge on any atom is 0.254 e. The molecule has 1 heterocycles. The molecule has 0 aromatic heterocycles. The van der Waals surface area contributed by atoms with Crippen molar-refractivity contribution in [3.63, 3.8) is 0 Å². The standard InChI is InChI=1S/C14H16BrClINO2/c1-14(2)8-18(7-10(6-15)20-14)13(19)9-3-4-12(17)11(16)5-9/h3-5,10H,6-8H2,1-2H3. The Hall–Kier alpha value is 0.150. The highest BCUT2D eigenvalue weighted by Crippen LogP contribution is 2.25. The Morgan fingerprint density at radius 1 is 1.60 bits per heavy atom. The molecule has 1 atom stereocenters. The van der Waals surface area contributed by atoms with Gasteiger partial charge in [0, 0.05) is 27.6 Å². The van der Waals surface area contributed by atoms with Crippen LogP contribution >= 0.6 is 50.1 Å². The largest absolute Gasteiger partial charge is 0.368 e. The molecule has 0 saturated carbocycles. The minimum absolute atomic E-state index is 0.00521. The second-order valence-electron chi connectivity index (χ2n) is 5.47. The van der Waals surface area contributed by atoms with Crippen LogP contribution in [0.1, 0.15) is 24.2 Å². The zero-order valence-corrected chi connectivity index (χ0v) is 15.8. The lowest BCUT2D eigenvalue weighted by Crippen LogP contribution is -2.55. The first-order chi connectivity index (χ1) is 9.32. The second-order valence-corrected chi connectivity index (χ2v) is 7.69. The minimum atomic E-state index is -0.334. The molecule has 0 radical (unpaired) electrons. The third-order valence-corrected chi connectivity index (χ3v) is 5.40. The van der Waals surface area contributed by atoms with E-state index in [9.17, 15) is 4.79 Å². The summed E-state index contributed by atoms with van der Waals surface area (Å²) in [7, 11) is 0. The van der Waals surface area contributed by atoms with Crippen molar-refractivity contribution in [2.24, 2.45) is 0 Å². The molecule has 0 bridgehead atoms. The van der Waals surface area contributed by atoms with Gasteiger partial charge in [-0.2, -0.15) is 0 Å². The van der Waals surface area contributed by atoms with E-state index in [0.717, 1.165) is 3.57 Å². The van der Waals surface area contributed by atoms with Crippen molar-refractivity contribution in [3.8, 4) is 0 Å². The van der Waals surface area contributed by atoms with Gasteiger partial charge in [-0.3, -0.25) is 4.79 Å². The normalized spacial score (nSPS) is 21.9. The van der Waals surface area contributed by atoms with E-state index in [1.54, 1.807) is 6.07 Å². The van der Waals surface area contributed by atoms with Gasteiger partial charge in [-0.25, -0.2) is 0 Å². The molecule has 0 spiro atoms. The van der Waals surface area contributed by atoms with E-state index in [1.165, 1.54) is 0 Å². The number of ether oxygens (including phenoxy) is 1. The first-order valence-corrected chi connectivity index (χ1v) is 8.88. The number of hydrogen-bond acceptors (Lipinski definition) is 2. The van der Waals surface area contributed by atoms with E-state index in [2.05, 4.69) is 38.5 Å². The topological polar surface area (TPSA) is 29.5 Å². The monoisotopic (exact) mass is 471 g/mol. The Balaban J connectivity index is 2.21. The van der Waals surface area contributed by atoms with Gasteiger partial charge in [0.2, 0.25) is 0 Å². The molecule has 1 aromatic rings. The van der Waals surface area contributed by atoms with Crippen LogP contribution in [0.2, 0.25) is 5.02 Å². The van der Waals surface area contributed by atoms with Crippen molar-refractivity contribution >= 4 is 56.0 Å². The molecule has 0 N–H and O–H groups in total. The fourth-order valence-electron chi connectivity index (χ4n) is 2.34. The number of hydrogen-bond donors (Lipinski definition) is 0. The number of carbonyl (C=O) groups is 1. The van der Waals surface area contributed by atoms with Crippen LogP contribution < -0.4 is 0 Å². The first kappa shape index (κ1) is 16.5. The van der Waals surface area contributed by atoms with Crippen LogP contribution in [0.15, 0.2) is 18.2 Å². The molecular formula is C14H16BrClINO2. The molecule has 1 aliphatic rings. The highest BCUT2D eigenvalue weighted by Gasteiger charge is 2.35. The highest BCUT2D eigenvalue weighted by molar-refractivity contribution is 14.1. The van der Waals surface area contributed by atoms with Gasteiger partial charge in [-0.05, 0) is 54.6 Å². The Kier molecular flexibility index (Phi) is 5.37. The number of amides is 1. The molecule has 20 heavy (non-hydrogen) atoms. The number of benzene rings is 1. The lowest BCUT2D eigenvalue weighted by atomic mass is 10.0. The van der Waals surface area contributed by atoms with E-state index >= 15 is 0 Å². The fourth-order valence-corrected chi connectivity index (χ4v) is 3.20. The summed E-state index contributed by atoms with van der Waals surface area (Å²) in [4.78, 5) is 14.4. The summed E-state index contributed by atoms with van der Waals surface area (Å²) in [5, 5.41) is 1.33. The van der Waals surface area contributed by atoms with Crippen molar-refractivity contribution in [3.05, 3.63) is 32.4 Å². The summed E-state index contributed by atoms with van der Waals surface area (Å²) in [5.41, 5.74) is 0.292. The number of halogens is 3. The summed E-state index contributed by atoms with van der Waals surface area (Å²) in [6.07, 6.45) is 0.0158. The number of nitrogens with zero attached hydrogens (tertiary/aromatic N) is 1. The van der Waals surface area contributed by atoms with Crippen LogP contribution in [0.25, 0.3) is 0 Å². The maximum atomic E-state index is 12.6. The van der Waals surface area contributed by atoms with Gasteiger partial charge < -0.3 is 9.64 Å². The molecule has 1 fully saturated rings. The first-order valence-electron chi connectivity index (χ1n) is 6.30. The van der Waals surface area contributed by atoms with E-state index in [0.29, 0.717) is 29.0 Å². The molecule has 2 rings (SSSR count). The predicted octanol–water partition coefficient (Wildman–Crippen LogP) is 3.96. The van der Waals surface area contributed by atoms with Crippen LogP contribution in [-0.2, 0) is 4.74 Å². The van der Waals surface area contributed by atoms with Gasteiger partial charge in [0.25, 0.3) is 5.91 Å².